The first kappa shape index (κ1) is 8.28. The van der Waals surface area contributed by atoms with Gasteiger partial charge in [-0.2, -0.15) is 0 Å². The van der Waals surface area contributed by atoms with Crippen LogP contribution in [-0.4, -0.2) is 5.11 Å². The summed E-state index contributed by atoms with van der Waals surface area (Å²) in [5.41, 5.74) is 0.377. The molecule has 1 aliphatic rings. The summed E-state index contributed by atoms with van der Waals surface area (Å²) >= 11 is 5.83. The first-order valence-corrected chi connectivity index (χ1v) is 3.92. The van der Waals surface area contributed by atoms with Crippen LogP contribution in [0.2, 0.25) is 5.02 Å². The summed E-state index contributed by atoms with van der Waals surface area (Å²) in [6.45, 7) is 0. The zero-order valence-electron chi connectivity index (χ0n) is 6.42. The number of halogens is 1. The smallest absolute Gasteiger partial charge is 0.323 e. The van der Waals surface area contributed by atoms with Crippen molar-refractivity contribution < 1.29 is 5.11 Å². The Kier molecular flexibility index (Phi) is 1.82. The van der Waals surface area contributed by atoms with Gasteiger partial charge in [-0.05, 0) is 16.5 Å². The molecule has 1 aromatic rings. The van der Waals surface area contributed by atoms with Gasteiger partial charge >= 0.3 is 5.85 Å². The average molecular weight is 197 g/mol. The molecule has 0 spiro atoms. The molecule has 0 saturated carbocycles. The summed E-state index contributed by atoms with van der Waals surface area (Å²) in [4.78, 5) is 0. The van der Waals surface area contributed by atoms with Crippen molar-refractivity contribution in [1.29, 1.82) is 0 Å². The maximum atomic E-state index is 9.74. The summed E-state index contributed by atoms with van der Waals surface area (Å²) in [6, 6.07) is 6.73. The third-order valence-corrected chi connectivity index (χ3v) is 1.97. The molecule has 0 atom stereocenters. The molecule has 0 radical (unpaired) electrons. The highest BCUT2D eigenvalue weighted by molar-refractivity contribution is 6.31. The predicted octanol–water partition coefficient (Wildman–Crippen LogP) is 2.28. The molecule has 6 heteroatoms. The van der Waals surface area contributed by atoms with Crippen molar-refractivity contribution in [3.8, 4) is 0 Å². The van der Waals surface area contributed by atoms with E-state index < -0.39 is 5.85 Å². The lowest BCUT2D eigenvalue weighted by Gasteiger charge is -2.13. The molecular formula is C7H5ClN4O. The molecule has 5 nitrogen and oxygen atoms in total. The monoisotopic (exact) mass is 196 g/mol. The van der Waals surface area contributed by atoms with Crippen LogP contribution >= 0.6 is 11.6 Å². The van der Waals surface area contributed by atoms with Gasteiger partial charge in [0.2, 0.25) is 0 Å². The van der Waals surface area contributed by atoms with Gasteiger partial charge in [0.05, 0.1) is 10.6 Å². The molecular weight excluding hydrogens is 192 g/mol. The Hall–Kier alpha value is -1.33. The van der Waals surface area contributed by atoms with E-state index in [0.717, 1.165) is 0 Å². The van der Waals surface area contributed by atoms with E-state index in [4.69, 9.17) is 11.6 Å². The van der Waals surface area contributed by atoms with Gasteiger partial charge in [0.25, 0.3) is 0 Å². The summed E-state index contributed by atoms with van der Waals surface area (Å²) in [5, 5.41) is 23.5. The van der Waals surface area contributed by atoms with Crippen LogP contribution in [0.25, 0.3) is 0 Å². The van der Waals surface area contributed by atoms with E-state index in [1.165, 1.54) is 0 Å². The molecule has 13 heavy (non-hydrogen) atoms. The number of aliphatic hydroxyl groups is 1. The molecule has 1 aromatic carbocycles. The third kappa shape index (κ3) is 1.32. The van der Waals surface area contributed by atoms with Gasteiger partial charge in [0, 0.05) is 0 Å². The fourth-order valence-electron chi connectivity index (χ4n) is 1.03. The van der Waals surface area contributed by atoms with Crippen LogP contribution in [0, 0.1) is 0 Å². The average Bonchev–Trinajstić information content (AvgIpc) is 2.54. The number of benzene rings is 1. The Labute approximate surface area is 78.8 Å². The van der Waals surface area contributed by atoms with E-state index >= 15 is 0 Å². The minimum Gasteiger partial charge on any atom is -0.345 e. The van der Waals surface area contributed by atoms with Crippen molar-refractivity contribution in [3.63, 3.8) is 0 Å². The summed E-state index contributed by atoms with van der Waals surface area (Å²) in [6.07, 6.45) is 0. The van der Waals surface area contributed by atoms with Gasteiger partial charge in [-0.3, -0.25) is 0 Å². The van der Waals surface area contributed by atoms with Crippen molar-refractivity contribution in [1.82, 2.24) is 0 Å². The van der Waals surface area contributed by atoms with Crippen LogP contribution < -0.4 is 0 Å². The highest BCUT2D eigenvalue weighted by atomic mass is 35.5. The minimum atomic E-state index is -1.74. The van der Waals surface area contributed by atoms with E-state index in [1.54, 1.807) is 24.3 Å². The van der Waals surface area contributed by atoms with E-state index in [2.05, 4.69) is 20.7 Å². The maximum absolute atomic E-state index is 9.74. The fourth-order valence-corrected chi connectivity index (χ4v) is 1.29. The lowest BCUT2D eigenvalue weighted by molar-refractivity contribution is 0.0531. The Morgan fingerprint density at radius 1 is 1.15 bits per heavy atom. The molecule has 1 aliphatic heterocycles. The summed E-state index contributed by atoms with van der Waals surface area (Å²) < 4.78 is 0. The number of nitrogens with zero attached hydrogens (tertiary/aromatic N) is 4. The molecule has 0 fully saturated rings. The van der Waals surface area contributed by atoms with Crippen LogP contribution in [0.1, 0.15) is 5.56 Å². The van der Waals surface area contributed by atoms with E-state index in [1.807, 2.05) is 0 Å². The van der Waals surface area contributed by atoms with Crippen molar-refractivity contribution in [3.05, 3.63) is 34.9 Å². The third-order valence-electron chi connectivity index (χ3n) is 1.64. The highest BCUT2D eigenvalue weighted by Crippen LogP contribution is 2.33. The van der Waals surface area contributed by atoms with Crippen LogP contribution in [0.3, 0.4) is 0 Å². The molecule has 2 rings (SSSR count). The zero-order chi connectivity index (χ0) is 9.31. The van der Waals surface area contributed by atoms with Crippen molar-refractivity contribution in [2.75, 3.05) is 0 Å². The molecule has 1 N–H and O–H groups in total. The second-order valence-corrected chi connectivity index (χ2v) is 2.90. The molecule has 66 valence electrons. The predicted molar refractivity (Wildman–Crippen MR) is 45.1 cm³/mol. The Morgan fingerprint density at radius 2 is 1.77 bits per heavy atom. The normalized spacial score (nSPS) is 18.0. The molecule has 0 amide bonds. The SMILES string of the molecule is OC1(c2ccccc2Cl)N=NN=N1. The maximum Gasteiger partial charge on any atom is 0.323 e. The fraction of sp³-hybridized carbons (Fsp3) is 0.143. The van der Waals surface area contributed by atoms with Crippen LogP contribution in [0.15, 0.2) is 44.9 Å². The van der Waals surface area contributed by atoms with E-state index in [-0.39, 0.29) is 0 Å². The van der Waals surface area contributed by atoms with E-state index in [9.17, 15) is 5.11 Å². The Balaban J connectivity index is 2.52. The Morgan fingerprint density at radius 3 is 2.38 bits per heavy atom. The lowest BCUT2D eigenvalue weighted by Crippen LogP contribution is -2.17. The molecule has 0 unspecified atom stereocenters. The number of rotatable bonds is 1. The second kappa shape index (κ2) is 2.86. The van der Waals surface area contributed by atoms with Crippen LogP contribution in [-0.2, 0) is 5.85 Å². The van der Waals surface area contributed by atoms with Crippen LogP contribution in [0.4, 0.5) is 0 Å². The number of hydrogen-bond acceptors (Lipinski definition) is 5. The minimum absolute atomic E-state index is 0.377. The molecule has 0 bridgehead atoms. The first-order valence-electron chi connectivity index (χ1n) is 3.54. The Bertz CT molecular complexity index is 378. The van der Waals surface area contributed by atoms with Gasteiger partial charge < -0.3 is 5.11 Å². The van der Waals surface area contributed by atoms with Gasteiger partial charge in [-0.15, -0.1) is 10.2 Å². The summed E-state index contributed by atoms with van der Waals surface area (Å²) in [7, 11) is 0. The highest BCUT2D eigenvalue weighted by Gasteiger charge is 2.34. The molecule has 0 saturated heterocycles. The zero-order valence-corrected chi connectivity index (χ0v) is 7.18. The quantitative estimate of drug-likeness (QED) is 0.736. The van der Waals surface area contributed by atoms with Crippen molar-refractivity contribution >= 4 is 11.6 Å². The topological polar surface area (TPSA) is 69.7 Å². The van der Waals surface area contributed by atoms with Gasteiger partial charge in [0.1, 0.15) is 0 Å². The lowest BCUT2D eigenvalue weighted by atomic mass is 10.1. The van der Waals surface area contributed by atoms with E-state index in [0.29, 0.717) is 10.6 Å². The van der Waals surface area contributed by atoms with Gasteiger partial charge in [0.15, 0.2) is 0 Å². The van der Waals surface area contributed by atoms with Gasteiger partial charge in [-0.1, -0.05) is 29.8 Å². The molecule has 0 aliphatic carbocycles. The summed E-state index contributed by atoms with van der Waals surface area (Å²) in [5.74, 6) is -1.74. The molecule has 1 heterocycles. The first-order chi connectivity index (χ1) is 6.22. The van der Waals surface area contributed by atoms with Crippen molar-refractivity contribution in [2.45, 2.75) is 5.85 Å². The standard InChI is InChI=1S/C7H5ClN4O/c8-6-4-2-1-3-5(6)7(13)9-11-12-10-7/h1-4,13H. The second-order valence-electron chi connectivity index (χ2n) is 2.49. The largest absolute Gasteiger partial charge is 0.345 e. The van der Waals surface area contributed by atoms with Crippen molar-refractivity contribution in [2.24, 2.45) is 20.7 Å². The number of hydrogen-bond donors (Lipinski definition) is 1. The van der Waals surface area contributed by atoms with Gasteiger partial charge in [-0.25, -0.2) is 0 Å². The van der Waals surface area contributed by atoms with Crippen LogP contribution in [0.5, 0.6) is 0 Å². The molecule has 0 aromatic heterocycles.